The Labute approximate surface area is 187 Å². The number of hydrogen-bond donors (Lipinski definition) is 2. The summed E-state index contributed by atoms with van der Waals surface area (Å²) >= 11 is 0. The number of nitrogens with one attached hydrogen (secondary N) is 2. The van der Waals surface area contributed by atoms with E-state index in [4.69, 9.17) is 4.74 Å². The van der Waals surface area contributed by atoms with Gasteiger partial charge in [0.25, 0.3) is 5.91 Å². The van der Waals surface area contributed by atoms with Crippen LogP contribution in [-0.2, 0) is 14.8 Å². The number of carbonyl (C=O) groups excluding carboxylic acids is 1. The van der Waals surface area contributed by atoms with Crippen molar-refractivity contribution in [2.75, 3.05) is 13.2 Å². The van der Waals surface area contributed by atoms with E-state index in [0.717, 1.165) is 24.1 Å². The fourth-order valence-corrected chi connectivity index (χ4v) is 4.65. The fourth-order valence-electron chi connectivity index (χ4n) is 3.59. The van der Waals surface area contributed by atoms with Gasteiger partial charge in [-0.25, -0.2) is 18.1 Å². The van der Waals surface area contributed by atoms with Crippen LogP contribution in [0.4, 0.5) is 0 Å². The lowest BCUT2D eigenvalue weighted by atomic mass is 10.1. The third-order valence-electron chi connectivity index (χ3n) is 5.50. The maximum Gasteiger partial charge on any atom is 0.251 e. The zero-order valence-electron chi connectivity index (χ0n) is 17.8. The number of nitrogens with zero attached hydrogens (tertiary/aromatic N) is 2. The van der Waals surface area contributed by atoms with Gasteiger partial charge >= 0.3 is 0 Å². The molecular weight excluding hydrogens is 428 g/mol. The Morgan fingerprint density at radius 1 is 1.19 bits per heavy atom. The first-order chi connectivity index (χ1) is 15.4. The number of benzene rings is 2. The van der Waals surface area contributed by atoms with E-state index in [2.05, 4.69) is 15.0 Å². The Morgan fingerprint density at radius 2 is 1.94 bits per heavy atom. The quantitative estimate of drug-likeness (QED) is 0.545. The van der Waals surface area contributed by atoms with Crippen molar-refractivity contribution < 1.29 is 17.9 Å². The summed E-state index contributed by atoms with van der Waals surface area (Å²) in [5.41, 5.74) is 2.33. The Balaban J connectivity index is 1.35. The molecule has 2 N–H and O–H groups in total. The summed E-state index contributed by atoms with van der Waals surface area (Å²) in [5, 5.41) is 2.95. The normalized spacial score (nSPS) is 17.2. The molecule has 1 saturated heterocycles. The fraction of sp³-hybridized carbons (Fsp3) is 0.304. The van der Waals surface area contributed by atoms with Gasteiger partial charge < -0.3 is 14.6 Å². The van der Waals surface area contributed by atoms with E-state index in [1.807, 2.05) is 42.0 Å². The molecule has 0 spiro atoms. The van der Waals surface area contributed by atoms with Gasteiger partial charge in [-0.05, 0) is 61.7 Å². The first kappa shape index (κ1) is 22.2. The summed E-state index contributed by atoms with van der Waals surface area (Å²) in [6.45, 7) is 2.82. The van der Waals surface area contributed by atoms with Gasteiger partial charge in [0.15, 0.2) is 0 Å². The lowest BCUT2D eigenvalue weighted by Crippen LogP contribution is -2.32. The van der Waals surface area contributed by atoms with Crippen LogP contribution in [0.2, 0.25) is 0 Å². The van der Waals surface area contributed by atoms with Crippen molar-refractivity contribution >= 4 is 15.9 Å². The molecule has 9 heteroatoms. The number of ether oxygens (including phenoxy) is 1. The zero-order valence-corrected chi connectivity index (χ0v) is 18.6. The summed E-state index contributed by atoms with van der Waals surface area (Å²) in [5.74, 6) is -0.271. The van der Waals surface area contributed by atoms with E-state index in [1.54, 1.807) is 12.5 Å². The number of carbonyl (C=O) groups is 1. The smallest absolute Gasteiger partial charge is 0.251 e. The van der Waals surface area contributed by atoms with Crippen LogP contribution in [0.25, 0.3) is 5.69 Å². The highest BCUT2D eigenvalue weighted by atomic mass is 32.2. The monoisotopic (exact) mass is 454 g/mol. The molecule has 2 heterocycles. The van der Waals surface area contributed by atoms with E-state index >= 15 is 0 Å². The van der Waals surface area contributed by atoms with Crippen molar-refractivity contribution in [3.8, 4) is 5.69 Å². The first-order valence-corrected chi connectivity index (χ1v) is 12.0. The van der Waals surface area contributed by atoms with Gasteiger partial charge in [0, 0.05) is 36.8 Å². The molecule has 2 atom stereocenters. The lowest BCUT2D eigenvalue weighted by Gasteiger charge is -2.15. The van der Waals surface area contributed by atoms with Crippen LogP contribution in [0.1, 0.15) is 41.7 Å². The molecule has 8 nitrogen and oxygen atoms in total. The first-order valence-electron chi connectivity index (χ1n) is 10.5. The highest BCUT2D eigenvalue weighted by Gasteiger charge is 2.21. The molecular formula is C23H26N4O4S. The molecule has 2 aromatic carbocycles. The topological polar surface area (TPSA) is 102 Å². The van der Waals surface area contributed by atoms with Gasteiger partial charge in [-0.15, -0.1) is 0 Å². The van der Waals surface area contributed by atoms with Crippen LogP contribution in [0.5, 0.6) is 0 Å². The van der Waals surface area contributed by atoms with Crippen molar-refractivity contribution in [1.29, 1.82) is 0 Å². The molecule has 0 radical (unpaired) electrons. The second kappa shape index (κ2) is 9.64. The van der Waals surface area contributed by atoms with Crippen LogP contribution >= 0.6 is 0 Å². The van der Waals surface area contributed by atoms with Crippen molar-refractivity contribution in [2.24, 2.45) is 0 Å². The SMILES string of the molecule is C[C@@H](NC(=O)c1ccc(S(=O)(=O)NC[C@@H]2CCCO2)cc1)c1ccc(-n2ccnc2)cc1. The van der Waals surface area contributed by atoms with Gasteiger partial charge in [-0.2, -0.15) is 0 Å². The van der Waals surface area contributed by atoms with Gasteiger partial charge in [0.05, 0.1) is 23.4 Å². The van der Waals surface area contributed by atoms with Crippen LogP contribution in [-0.4, -0.2) is 43.1 Å². The number of hydrogen-bond acceptors (Lipinski definition) is 5. The molecule has 3 aromatic rings. The average molecular weight is 455 g/mol. The van der Waals surface area contributed by atoms with E-state index < -0.39 is 10.0 Å². The van der Waals surface area contributed by atoms with Crippen LogP contribution < -0.4 is 10.0 Å². The van der Waals surface area contributed by atoms with Gasteiger partial charge in [-0.1, -0.05) is 12.1 Å². The van der Waals surface area contributed by atoms with Crippen molar-refractivity contribution in [3.05, 3.63) is 78.4 Å². The molecule has 1 amide bonds. The minimum atomic E-state index is -3.65. The molecule has 1 aliphatic rings. The summed E-state index contributed by atoms with van der Waals surface area (Å²) in [6.07, 6.45) is 7.03. The molecule has 0 saturated carbocycles. The second-order valence-corrected chi connectivity index (χ2v) is 9.53. The Bertz CT molecular complexity index is 1140. The highest BCUT2D eigenvalue weighted by Crippen LogP contribution is 2.18. The van der Waals surface area contributed by atoms with E-state index in [1.165, 1.54) is 24.3 Å². The molecule has 4 rings (SSSR count). The Hall–Kier alpha value is -3.01. The van der Waals surface area contributed by atoms with Crippen LogP contribution in [0.3, 0.4) is 0 Å². The van der Waals surface area contributed by atoms with Gasteiger partial charge in [0.1, 0.15) is 0 Å². The molecule has 0 bridgehead atoms. The maximum atomic E-state index is 12.6. The standard InChI is InChI=1S/C23H26N4O4S/c1-17(18-4-8-20(9-5-18)27-13-12-24-16-27)26-23(28)19-6-10-22(11-7-19)32(29,30)25-15-21-3-2-14-31-21/h4-13,16-17,21,25H,2-3,14-15H2,1H3,(H,26,28)/t17-,21+/m1/s1. The molecule has 0 unspecified atom stereocenters. The molecule has 168 valence electrons. The van der Waals surface area contributed by atoms with Crippen LogP contribution in [0, 0.1) is 0 Å². The third kappa shape index (κ3) is 5.24. The Kier molecular flexibility index (Phi) is 6.69. The van der Waals surface area contributed by atoms with E-state index in [9.17, 15) is 13.2 Å². The van der Waals surface area contributed by atoms with Gasteiger partial charge in [-0.3, -0.25) is 4.79 Å². The number of aromatic nitrogens is 2. The molecule has 32 heavy (non-hydrogen) atoms. The zero-order chi connectivity index (χ0) is 22.6. The lowest BCUT2D eigenvalue weighted by molar-refractivity contribution is 0.0939. The van der Waals surface area contributed by atoms with Crippen molar-refractivity contribution in [2.45, 2.75) is 36.8 Å². The van der Waals surface area contributed by atoms with E-state index in [0.29, 0.717) is 12.2 Å². The Morgan fingerprint density at radius 3 is 2.56 bits per heavy atom. The molecule has 1 fully saturated rings. The van der Waals surface area contributed by atoms with Crippen molar-refractivity contribution in [1.82, 2.24) is 19.6 Å². The third-order valence-corrected chi connectivity index (χ3v) is 6.93. The summed E-state index contributed by atoms with van der Waals surface area (Å²) < 4.78 is 34.9. The van der Waals surface area contributed by atoms with Crippen molar-refractivity contribution in [3.63, 3.8) is 0 Å². The predicted octanol–water partition coefficient (Wildman–Crippen LogP) is 2.82. The largest absolute Gasteiger partial charge is 0.377 e. The number of rotatable bonds is 8. The number of imidazole rings is 1. The second-order valence-electron chi connectivity index (χ2n) is 7.77. The molecule has 0 aliphatic carbocycles. The average Bonchev–Trinajstić information content (AvgIpc) is 3.52. The molecule has 1 aromatic heterocycles. The minimum absolute atomic E-state index is 0.0784. The summed E-state index contributed by atoms with van der Waals surface area (Å²) in [7, 11) is -3.65. The number of amides is 1. The molecule has 1 aliphatic heterocycles. The van der Waals surface area contributed by atoms with Crippen LogP contribution in [0.15, 0.2) is 72.1 Å². The summed E-state index contributed by atoms with van der Waals surface area (Å²) in [6, 6.07) is 13.5. The van der Waals surface area contributed by atoms with Gasteiger partial charge in [0.2, 0.25) is 10.0 Å². The predicted molar refractivity (Wildman–Crippen MR) is 120 cm³/mol. The summed E-state index contributed by atoms with van der Waals surface area (Å²) in [4.78, 5) is 16.8. The highest BCUT2D eigenvalue weighted by molar-refractivity contribution is 7.89. The van der Waals surface area contributed by atoms with E-state index in [-0.39, 0.29) is 29.5 Å². The minimum Gasteiger partial charge on any atom is -0.377 e. The maximum absolute atomic E-state index is 12.6. The number of sulfonamides is 1.